The predicted octanol–water partition coefficient (Wildman–Crippen LogP) is 1.75. The maximum Gasteiger partial charge on any atom is 0.225 e. The molecule has 1 aliphatic heterocycles. The fourth-order valence-electron chi connectivity index (χ4n) is 2.03. The zero-order chi connectivity index (χ0) is 13.1. The number of ether oxygens (including phenoxy) is 2. The normalized spacial score (nSPS) is 17.0. The van der Waals surface area contributed by atoms with Gasteiger partial charge in [0, 0.05) is 19.4 Å². The Bertz CT molecular complexity index is 547. The van der Waals surface area contributed by atoms with Crippen LogP contribution in [0.25, 0.3) is 0 Å². The minimum atomic E-state index is -0.0243. The van der Waals surface area contributed by atoms with Crippen LogP contribution in [0.15, 0.2) is 42.7 Å². The smallest absolute Gasteiger partial charge is 0.225 e. The zero-order valence-corrected chi connectivity index (χ0v) is 10.7. The lowest BCUT2D eigenvalue weighted by Gasteiger charge is -2.29. The van der Waals surface area contributed by atoms with Crippen LogP contribution in [0.4, 0.5) is 5.95 Å². The third-order valence-electron chi connectivity index (χ3n) is 2.94. The van der Waals surface area contributed by atoms with Crippen LogP contribution in [0, 0.1) is 0 Å². The molecule has 5 nitrogen and oxygen atoms in total. The van der Waals surface area contributed by atoms with E-state index >= 15 is 0 Å². The third kappa shape index (κ3) is 2.59. The Morgan fingerprint density at radius 2 is 1.89 bits per heavy atom. The van der Waals surface area contributed by atoms with E-state index < -0.39 is 0 Å². The van der Waals surface area contributed by atoms with Gasteiger partial charge in [-0.1, -0.05) is 12.1 Å². The molecule has 1 aromatic heterocycles. The quantitative estimate of drug-likeness (QED) is 0.838. The Kier molecular flexibility index (Phi) is 3.18. The van der Waals surface area contributed by atoms with E-state index in [2.05, 4.69) is 9.97 Å². The summed E-state index contributed by atoms with van der Waals surface area (Å²) in [6.07, 6.45) is 3.43. The number of para-hydroxylation sites is 2. The number of rotatable bonds is 3. The molecule has 0 radical (unpaired) electrons. The molecule has 2 heterocycles. The first kappa shape index (κ1) is 11.8. The third-order valence-corrected chi connectivity index (χ3v) is 2.94. The molecule has 2 aromatic rings. The summed E-state index contributed by atoms with van der Waals surface area (Å²) in [5.41, 5.74) is 0. The largest absolute Gasteiger partial charge is 0.486 e. The summed E-state index contributed by atoms with van der Waals surface area (Å²) >= 11 is 0. The Balaban J connectivity index is 1.66. The van der Waals surface area contributed by atoms with Crippen molar-refractivity contribution in [2.45, 2.75) is 6.10 Å². The molecule has 3 rings (SSSR count). The van der Waals surface area contributed by atoms with Crippen LogP contribution < -0.4 is 14.4 Å². The van der Waals surface area contributed by atoms with Crippen LogP contribution in [-0.2, 0) is 0 Å². The van der Waals surface area contributed by atoms with Crippen LogP contribution >= 0.6 is 0 Å². The number of hydrogen-bond acceptors (Lipinski definition) is 5. The van der Waals surface area contributed by atoms with Gasteiger partial charge in [0.25, 0.3) is 0 Å². The lowest BCUT2D eigenvalue weighted by Crippen LogP contribution is -2.40. The Morgan fingerprint density at radius 1 is 1.16 bits per heavy atom. The second-order valence-corrected chi connectivity index (χ2v) is 4.43. The van der Waals surface area contributed by atoms with Crippen molar-refractivity contribution in [2.75, 3.05) is 25.1 Å². The number of benzene rings is 1. The maximum atomic E-state index is 5.90. The van der Waals surface area contributed by atoms with Gasteiger partial charge in [-0.05, 0) is 18.2 Å². The van der Waals surface area contributed by atoms with Gasteiger partial charge in [-0.25, -0.2) is 9.97 Å². The molecule has 0 aliphatic carbocycles. The molecule has 1 atom stereocenters. The van der Waals surface area contributed by atoms with Gasteiger partial charge in [0.2, 0.25) is 5.95 Å². The minimum absolute atomic E-state index is 0.0243. The lowest BCUT2D eigenvalue weighted by atomic mass is 10.2. The van der Waals surface area contributed by atoms with Crippen molar-refractivity contribution in [3.8, 4) is 11.5 Å². The van der Waals surface area contributed by atoms with Crippen LogP contribution in [0.5, 0.6) is 11.5 Å². The van der Waals surface area contributed by atoms with E-state index in [1.54, 1.807) is 18.5 Å². The fraction of sp³-hybridized carbons (Fsp3) is 0.286. The summed E-state index contributed by atoms with van der Waals surface area (Å²) in [5, 5.41) is 0. The average Bonchev–Trinajstić information content (AvgIpc) is 2.48. The van der Waals surface area contributed by atoms with Crippen molar-refractivity contribution in [1.82, 2.24) is 9.97 Å². The van der Waals surface area contributed by atoms with Crippen molar-refractivity contribution in [2.24, 2.45) is 0 Å². The fourth-order valence-corrected chi connectivity index (χ4v) is 2.03. The van der Waals surface area contributed by atoms with E-state index in [0.717, 1.165) is 11.5 Å². The predicted molar refractivity (Wildman–Crippen MR) is 71.7 cm³/mol. The molecule has 1 aromatic carbocycles. The SMILES string of the molecule is CN(CC1COc2ccccc2O1)c1ncccn1. The molecule has 0 fully saturated rings. The van der Waals surface area contributed by atoms with E-state index in [1.807, 2.05) is 36.2 Å². The van der Waals surface area contributed by atoms with Crippen LogP contribution in [0.1, 0.15) is 0 Å². The monoisotopic (exact) mass is 257 g/mol. The molecule has 0 saturated carbocycles. The molecule has 0 saturated heterocycles. The Morgan fingerprint density at radius 3 is 2.68 bits per heavy atom. The van der Waals surface area contributed by atoms with E-state index in [1.165, 1.54) is 0 Å². The molecule has 19 heavy (non-hydrogen) atoms. The standard InChI is InChI=1S/C14H15N3O2/c1-17(14-15-7-4-8-16-14)9-11-10-18-12-5-2-3-6-13(12)19-11/h2-8,11H,9-10H2,1H3. The summed E-state index contributed by atoms with van der Waals surface area (Å²) in [6, 6.07) is 9.50. The Labute approximate surface area is 111 Å². The minimum Gasteiger partial charge on any atom is -0.486 e. The topological polar surface area (TPSA) is 47.5 Å². The number of aromatic nitrogens is 2. The van der Waals surface area contributed by atoms with E-state index in [4.69, 9.17) is 9.47 Å². The summed E-state index contributed by atoms with van der Waals surface area (Å²) in [5.74, 6) is 2.28. The first-order valence-corrected chi connectivity index (χ1v) is 6.19. The molecule has 0 bridgehead atoms. The highest BCUT2D eigenvalue weighted by atomic mass is 16.6. The van der Waals surface area contributed by atoms with Gasteiger partial charge in [0.15, 0.2) is 17.6 Å². The van der Waals surface area contributed by atoms with Gasteiger partial charge in [-0.15, -0.1) is 0 Å². The summed E-state index contributed by atoms with van der Waals surface area (Å²) in [4.78, 5) is 10.4. The van der Waals surface area contributed by atoms with Crippen molar-refractivity contribution in [3.05, 3.63) is 42.7 Å². The zero-order valence-electron chi connectivity index (χ0n) is 10.7. The van der Waals surface area contributed by atoms with Crippen molar-refractivity contribution in [1.29, 1.82) is 0 Å². The molecular weight excluding hydrogens is 242 g/mol. The van der Waals surface area contributed by atoms with Crippen molar-refractivity contribution in [3.63, 3.8) is 0 Å². The van der Waals surface area contributed by atoms with Crippen molar-refractivity contribution >= 4 is 5.95 Å². The van der Waals surface area contributed by atoms with Crippen LogP contribution in [-0.4, -0.2) is 36.3 Å². The van der Waals surface area contributed by atoms with E-state index in [9.17, 15) is 0 Å². The number of anilines is 1. The molecule has 1 unspecified atom stereocenters. The van der Waals surface area contributed by atoms with Gasteiger partial charge in [-0.2, -0.15) is 0 Å². The van der Waals surface area contributed by atoms with E-state index in [-0.39, 0.29) is 6.10 Å². The number of fused-ring (bicyclic) bond motifs is 1. The van der Waals surface area contributed by atoms with Crippen LogP contribution in [0.2, 0.25) is 0 Å². The lowest BCUT2D eigenvalue weighted by molar-refractivity contribution is 0.0958. The molecule has 5 heteroatoms. The molecule has 1 aliphatic rings. The molecule has 98 valence electrons. The molecular formula is C14H15N3O2. The van der Waals surface area contributed by atoms with Gasteiger partial charge in [-0.3, -0.25) is 0 Å². The Hall–Kier alpha value is -2.30. The number of nitrogens with zero attached hydrogens (tertiary/aromatic N) is 3. The van der Waals surface area contributed by atoms with Crippen molar-refractivity contribution < 1.29 is 9.47 Å². The maximum absolute atomic E-state index is 5.90. The number of hydrogen-bond donors (Lipinski definition) is 0. The van der Waals surface area contributed by atoms with Gasteiger partial charge >= 0.3 is 0 Å². The van der Waals surface area contributed by atoms with Gasteiger partial charge in [0.05, 0.1) is 6.54 Å². The van der Waals surface area contributed by atoms with Gasteiger partial charge in [0.1, 0.15) is 6.61 Å². The molecule has 0 spiro atoms. The highest BCUT2D eigenvalue weighted by molar-refractivity contribution is 5.41. The van der Waals surface area contributed by atoms with Crippen LogP contribution in [0.3, 0.4) is 0 Å². The summed E-state index contributed by atoms with van der Waals surface area (Å²) < 4.78 is 11.6. The number of likely N-dealkylation sites (N-methyl/N-ethyl adjacent to an activating group) is 1. The first-order chi connectivity index (χ1) is 9.33. The second-order valence-electron chi connectivity index (χ2n) is 4.43. The van der Waals surface area contributed by atoms with E-state index in [0.29, 0.717) is 19.1 Å². The molecule has 0 amide bonds. The highest BCUT2D eigenvalue weighted by Crippen LogP contribution is 2.31. The summed E-state index contributed by atoms with van der Waals surface area (Å²) in [7, 11) is 1.94. The average molecular weight is 257 g/mol. The summed E-state index contributed by atoms with van der Waals surface area (Å²) in [6.45, 7) is 1.21. The first-order valence-electron chi connectivity index (χ1n) is 6.19. The highest BCUT2D eigenvalue weighted by Gasteiger charge is 2.22. The second kappa shape index (κ2) is 5.14. The molecule has 0 N–H and O–H groups in total. The van der Waals surface area contributed by atoms with Gasteiger partial charge < -0.3 is 14.4 Å².